The maximum atomic E-state index is 14.0. The van der Waals surface area contributed by atoms with Gasteiger partial charge in [-0.2, -0.15) is 5.26 Å². The van der Waals surface area contributed by atoms with E-state index in [4.69, 9.17) is 21.1 Å². The first-order valence-corrected chi connectivity index (χ1v) is 9.32. The molecular weight excluding hydrogens is 389 g/mol. The van der Waals surface area contributed by atoms with Crippen molar-refractivity contribution in [2.24, 2.45) is 0 Å². The van der Waals surface area contributed by atoms with Crippen LogP contribution in [0.4, 0.5) is 4.39 Å². The number of rotatable bonds is 6. The molecule has 0 aliphatic heterocycles. The molecule has 29 heavy (non-hydrogen) atoms. The van der Waals surface area contributed by atoms with Crippen LogP contribution >= 0.6 is 11.6 Å². The van der Waals surface area contributed by atoms with Gasteiger partial charge in [0, 0.05) is 5.56 Å². The quantitative estimate of drug-likeness (QED) is 0.349. The lowest BCUT2D eigenvalue weighted by Crippen LogP contribution is -1.99. The molecule has 0 N–H and O–H groups in total. The van der Waals surface area contributed by atoms with Gasteiger partial charge in [0.15, 0.2) is 11.5 Å². The number of nitriles is 1. The molecule has 0 fully saturated rings. The molecule has 0 radical (unpaired) electrons. The van der Waals surface area contributed by atoms with E-state index in [1.165, 1.54) is 13.2 Å². The number of allylic oxidation sites excluding steroid dienone is 1. The third-order valence-corrected chi connectivity index (χ3v) is 4.59. The molecule has 0 saturated carbocycles. The van der Waals surface area contributed by atoms with Crippen LogP contribution in [-0.2, 0) is 6.61 Å². The predicted molar refractivity (Wildman–Crippen MR) is 113 cm³/mol. The summed E-state index contributed by atoms with van der Waals surface area (Å²) in [6.45, 7) is 2.35. The molecule has 0 atom stereocenters. The van der Waals surface area contributed by atoms with Gasteiger partial charge in [-0.25, -0.2) is 4.39 Å². The highest BCUT2D eigenvalue weighted by Crippen LogP contribution is 2.38. The van der Waals surface area contributed by atoms with Gasteiger partial charge < -0.3 is 9.47 Å². The van der Waals surface area contributed by atoms with E-state index in [1.54, 1.807) is 36.4 Å². The molecule has 3 nitrogen and oxygen atoms in total. The average molecular weight is 408 g/mol. The molecule has 0 aliphatic carbocycles. The van der Waals surface area contributed by atoms with Crippen LogP contribution in [0.3, 0.4) is 0 Å². The van der Waals surface area contributed by atoms with Crippen LogP contribution in [0.5, 0.6) is 11.5 Å². The molecule has 0 heterocycles. The number of methoxy groups -OCH3 is 1. The van der Waals surface area contributed by atoms with Crippen molar-refractivity contribution in [3.8, 4) is 17.6 Å². The smallest absolute Gasteiger partial charge is 0.180 e. The summed E-state index contributed by atoms with van der Waals surface area (Å²) in [6, 6.07) is 19.5. The maximum absolute atomic E-state index is 14.0. The second kappa shape index (κ2) is 9.27. The van der Waals surface area contributed by atoms with Crippen LogP contribution in [0.15, 0.2) is 60.7 Å². The van der Waals surface area contributed by atoms with Crippen molar-refractivity contribution < 1.29 is 13.9 Å². The Morgan fingerprint density at radius 2 is 1.93 bits per heavy atom. The fourth-order valence-electron chi connectivity index (χ4n) is 2.94. The Morgan fingerprint density at radius 3 is 2.62 bits per heavy atom. The molecule has 0 saturated heterocycles. The maximum Gasteiger partial charge on any atom is 0.180 e. The molecule has 0 aliphatic rings. The standard InChI is InChI=1S/C24H19ClFNO2/c1-16-6-5-7-17(10-16)15-29-24-21(25)12-18(13-23(24)28-2)11-19(14-27)20-8-3-4-9-22(20)26/h3-13H,15H2,1-2H3. The summed E-state index contributed by atoms with van der Waals surface area (Å²) in [5.74, 6) is 0.385. The van der Waals surface area contributed by atoms with E-state index in [1.807, 2.05) is 37.3 Å². The summed E-state index contributed by atoms with van der Waals surface area (Å²) in [6.07, 6.45) is 1.57. The summed E-state index contributed by atoms with van der Waals surface area (Å²) in [4.78, 5) is 0. The van der Waals surface area contributed by atoms with Gasteiger partial charge in [-0.15, -0.1) is 0 Å². The molecule has 0 bridgehead atoms. The molecule has 0 amide bonds. The number of ether oxygens (including phenoxy) is 2. The summed E-state index contributed by atoms with van der Waals surface area (Å²) < 4.78 is 25.4. The second-order valence-corrected chi connectivity index (χ2v) is 6.87. The largest absolute Gasteiger partial charge is 0.493 e. The van der Waals surface area contributed by atoms with Gasteiger partial charge in [-0.05, 0) is 42.3 Å². The van der Waals surface area contributed by atoms with Gasteiger partial charge >= 0.3 is 0 Å². The first-order chi connectivity index (χ1) is 14.0. The minimum Gasteiger partial charge on any atom is -0.493 e. The third-order valence-electron chi connectivity index (χ3n) is 4.31. The van der Waals surface area contributed by atoms with Crippen molar-refractivity contribution in [1.29, 1.82) is 5.26 Å². The lowest BCUT2D eigenvalue weighted by atomic mass is 10.0. The Bertz CT molecular complexity index is 1100. The van der Waals surface area contributed by atoms with Crippen molar-refractivity contribution in [1.82, 2.24) is 0 Å². The first-order valence-electron chi connectivity index (χ1n) is 8.94. The van der Waals surface area contributed by atoms with Crippen LogP contribution in [-0.4, -0.2) is 7.11 Å². The molecule has 146 valence electrons. The Balaban J connectivity index is 1.92. The van der Waals surface area contributed by atoms with E-state index >= 15 is 0 Å². The summed E-state index contributed by atoms with van der Waals surface area (Å²) in [5, 5.41) is 9.82. The Labute approximate surface area is 174 Å². The number of halogens is 2. The molecule has 0 aromatic heterocycles. The minimum atomic E-state index is -0.462. The molecule has 3 aromatic rings. The van der Waals surface area contributed by atoms with Crippen LogP contribution in [0, 0.1) is 24.1 Å². The van der Waals surface area contributed by atoms with Crippen molar-refractivity contribution >= 4 is 23.3 Å². The summed E-state index contributed by atoms with van der Waals surface area (Å²) >= 11 is 6.42. The molecular formula is C24H19ClFNO2. The van der Waals surface area contributed by atoms with Gasteiger partial charge in [0.25, 0.3) is 0 Å². The zero-order valence-electron chi connectivity index (χ0n) is 16.1. The zero-order chi connectivity index (χ0) is 20.8. The highest BCUT2D eigenvalue weighted by atomic mass is 35.5. The molecule has 3 aromatic carbocycles. The summed E-state index contributed by atoms with van der Waals surface area (Å²) in [5.41, 5.74) is 3.18. The molecule has 5 heteroatoms. The summed E-state index contributed by atoms with van der Waals surface area (Å²) in [7, 11) is 1.51. The van der Waals surface area contributed by atoms with Gasteiger partial charge in [0.05, 0.1) is 23.8 Å². The predicted octanol–water partition coefficient (Wildman–Crippen LogP) is 6.44. The van der Waals surface area contributed by atoms with Crippen LogP contribution in [0.25, 0.3) is 11.6 Å². The van der Waals surface area contributed by atoms with Gasteiger partial charge in [-0.3, -0.25) is 0 Å². The topological polar surface area (TPSA) is 42.2 Å². The normalized spacial score (nSPS) is 11.1. The van der Waals surface area contributed by atoms with E-state index in [9.17, 15) is 9.65 Å². The zero-order valence-corrected chi connectivity index (χ0v) is 16.8. The number of hydrogen-bond donors (Lipinski definition) is 0. The number of benzene rings is 3. The first kappa shape index (κ1) is 20.4. The van der Waals surface area contributed by atoms with E-state index in [0.29, 0.717) is 28.7 Å². The second-order valence-electron chi connectivity index (χ2n) is 6.46. The van der Waals surface area contributed by atoms with E-state index in [-0.39, 0.29) is 11.1 Å². The lowest BCUT2D eigenvalue weighted by molar-refractivity contribution is 0.284. The van der Waals surface area contributed by atoms with Crippen LogP contribution in [0.2, 0.25) is 5.02 Å². The Morgan fingerprint density at radius 1 is 1.14 bits per heavy atom. The SMILES string of the molecule is COc1cc(C=C(C#N)c2ccccc2F)cc(Cl)c1OCc1cccc(C)c1. The molecule has 3 rings (SSSR count). The van der Waals surface area contributed by atoms with Gasteiger partial charge in [-0.1, -0.05) is 59.6 Å². The third kappa shape index (κ3) is 4.96. The average Bonchev–Trinajstić information content (AvgIpc) is 2.71. The molecule has 0 unspecified atom stereocenters. The fraction of sp³-hybridized carbons (Fsp3) is 0.125. The lowest BCUT2D eigenvalue weighted by Gasteiger charge is -2.14. The van der Waals surface area contributed by atoms with Crippen LogP contribution in [0.1, 0.15) is 22.3 Å². The van der Waals surface area contributed by atoms with Crippen molar-refractivity contribution in [3.05, 3.63) is 93.8 Å². The van der Waals surface area contributed by atoms with Gasteiger partial charge in [0.2, 0.25) is 0 Å². The monoisotopic (exact) mass is 407 g/mol. The van der Waals surface area contributed by atoms with E-state index in [2.05, 4.69) is 0 Å². The number of nitrogens with zero attached hydrogens (tertiary/aromatic N) is 1. The Hall–Kier alpha value is -3.29. The van der Waals surface area contributed by atoms with Gasteiger partial charge in [0.1, 0.15) is 12.4 Å². The fourth-order valence-corrected chi connectivity index (χ4v) is 3.21. The van der Waals surface area contributed by atoms with Crippen molar-refractivity contribution in [2.45, 2.75) is 13.5 Å². The number of aryl methyl sites for hydroxylation is 1. The molecule has 0 spiro atoms. The van der Waals surface area contributed by atoms with E-state index < -0.39 is 5.82 Å². The van der Waals surface area contributed by atoms with Crippen LogP contribution < -0.4 is 9.47 Å². The highest BCUT2D eigenvalue weighted by molar-refractivity contribution is 6.32. The van der Waals surface area contributed by atoms with Crippen molar-refractivity contribution in [2.75, 3.05) is 7.11 Å². The number of hydrogen-bond acceptors (Lipinski definition) is 3. The minimum absolute atomic E-state index is 0.189. The van der Waals surface area contributed by atoms with E-state index in [0.717, 1.165) is 11.1 Å². The highest BCUT2D eigenvalue weighted by Gasteiger charge is 2.13. The Kier molecular flexibility index (Phi) is 6.54. The van der Waals surface area contributed by atoms with Crippen molar-refractivity contribution in [3.63, 3.8) is 0 Å².